The second-order valence-corrected chi connectivity index (χ2v) is 7.30. The van der Waals surface area contributed by atoms with Crippen LogP contribution in [0.1, 0.15) is 0 Å². The van der Waals surface area contributed by atoms with Crippen molar-refractivity contribution in [2.45, 2.75) is 0 Å². The third-order valence-electron chi connectivity index (χ3n) is 4.44. The zero-order chi connectivity index (χ0) is 20.9. The summed E-state index contributed by atoms with van der Waals surface area (Å²) in [5, 5.41) is 7.32. The van der Waals surface area contributed by atoms with Crippen LogP contribution in [0.4, 0.5) is 29.2 Å². The summed E-state index contributed by atoms with van der Waals surface area (Å²) in [6, 6.07) is 12.8. The number of nitrogens with one attached hydrogen (secondary N) is 2. The quantitative estimate of drug-likeness (QED) is 0.571. The Morgan fingerprint density at radius 1 is 0.867 bits per heavy atom. The molecule has 30 heavy (non-hydrogen) atoms. The fourth-order valence-corrected chi connectivity index (χ4v) is 3.19. The van der Waals surface area contributed by atoms with Crippen LogP contribution in [-0.4, -0.2) is 48.4 Å². The molecule has 0 unspecified atom stereocenters. The van der Waals surface area contributed by atoms with Crippen molar-refractivity contribution in [3.63, 3.8) is 0 Å². The van der Waals surface area contributed by atoms with E-state index in [1.807, 2.05) is 30.3 Å². The molecule has 1 aliphatic heterocycles. The number of anilines is 5. The normalized spacial score (nSPS) is 13.8. The molecule has 4 rings (SSSR count). The molecule has 8 nitrogen and oxygen atoms in total. The summed E-state index contributed by atoms with van der Waals surface area (Å²) in [7, 11) is 1.63. The molecule has 0 aliphatic carbocycles. The molecule has 1 fully saturated rings. The molecular weight excluding hydrogens is 427 g/mol. The van der Waals surface area contributed by atoms with Gasteiger partial charge in [0.25, 0.3) is 0 Å². The molecular formula is C20H20Cl2N6O2. The van der Waals surface area contributed by atoms with Crippen molar-refractivity contribution in [2.24, 2.45) is 0 Å². The third kappa shape index (κ3) is 5.02. The van der Waals surface area contributed by atoms with Crippen LogP contribution < -0.4 is 20.3 Å². The van der Waals surface area contributed by atoms with Crippen molar-refractivity contribution >= 4 is 52.4 Å². The Labute approximate surface area is 184 Å². The number of ether oxygens (including phenoxy) is 2. The highest BCUT2D eigenvalue weighted by Gasteiger charge is 2.17. The molecule has 0 amide bonds. The van der Waals surface area contributed by atoms with E-state index < -0.39 is 0 Å². The van der Waals surface area contributed by atoms with E-state index >= 15 is 0 Å². The fraction of sp³-hybridized carbons (Fsp3) is 0.250. The number of methoxy groups -OCH3 is 1. The summed E-state index contributed by atoms with van der Waals surface area (Å²) < 4.78 is 10.6. The Kier molecular flexibility index (Phi) is 6.37. The zero-order valence-corrected chi connectivity index (χ0v) is 17.7. The van der Waals surface area contributed by atoms with Gasteiger partial charge in [0, 0.05) is 24.5 Å². The first-order chi connectivity index (χ1) is 14.6. The number of rotatable bonds is 6. The number of nitrogens with zero attached hydrogens (tertiary/aromatic N) is 4. The largest absolute Gasteiger partial charge is 0.497 e. The van der Waals surface area contributed by atoms with Crippen molar-refractivity contribution in [3.05, 3.63) is 52.5 Å². The second kappa shape index (κ2) is 9.34. The number of morpholine rings is 1. The van der Waals surface area contributed by atoms with Crippen LogP contribution in [0.5, 0.6) is 5.75 Å². The molecule has 0 bridgehead atoms. The topological polar surface area (TPSA) is 84.4 Å². The van der Waals surface area contributed by atoms with Gasteiger partial charge in [-0.25, -0.2) is 0 Å². The maximum Gasteiger partial charge on any atom is 0.233 e. The number of aromatic nitrogens is 3. The molecule has 2 heterocycles. The smallest absolute Gasteiger partial charge is 0.233 e. The lowest BCUT2D eigenvalue weighted by atomic mass is 10.3. The van der Waals surface area contributed by atoms with Gasteiger partial charge in [0.2, 0.25) is 17.8 Å². The molecule has 1 aromatic heterocycles. The van der Waals surface area contributed by atoms with Gasteiger partial charge >= 0.3 is 0 Å². The summed E-state index contributed by atoms with van der Waals surface area (Å²) in [6.45, 7) is 2.67. The zero-order valence-electron chi connectivity index (χ0n) is 16.2. The summed E-state index contributed by atoms with van der Waals surface area (Å²) in [5.41, 5.74) is 1.55. The van der Waals surface area contributed by atoms with E-state index in [1.165, 1.54) is 0 Å². The number of halogens is 2. The average molecular weight is 447 g/mol. The fourth-order valence-electron chi connectivity index (χ4n) is 2.89. The van der Waals surface area contributed by atoms with Crippen molar-refractivity contribution in [1.29, 1.82) is 0 Å². The van der Waals surface area contributed by atoms with Crippen LogP contribution in [-0.2, 0) is 4.74 Å². The second-order valence-electron chi connectivity index (χ2n) is 6.49. The van der Waals surface area contributed by atoms with Crippen molar-refractivity contribution in [2.75, 3.05) is 48.9 Å². The minimum atomic E-state index is 0.390. The molecule has 0 atom stereocenters. The monoisotopic (exact) mass is 446 g/mol. The van der Waals surface area contributed by atoms with E-state index in [1.54, 1.807) is 19.2 Å². The summed E-state index contributed by atoms with van der Waals surface area (Å²) in [6.07, 6.45) is 0. The van der Waals surface area contributed by atoms with Crippen molar-refractivity contribution in [3.8, 4) is 5.75 Å². The molecule has 2 aromatic carbocycles. The highest BCUT2D eigenvalue weighted by molar-refractivity contribution is 6.42. The van der Waals surface area contributed by atoms with Gasteiger partial charge in [-0.15, -0.1) is 0 Å². The first-order valence-corrected chi connectivity index (χ1v) is 10.1. The molecule has 10 heteroatoms. The molecule has 1 aliphatic rings. The molecule has 2 N–H and O–H groups in total. The number of hydrogen-bond acceptors (Lipinski definition) is 8. The molecule has 3 aromatic rings. The lowest BCUT2D eigenvalue weighted by molar-refractivity contribution is 0.122. The van der Waals surface area contributed by atoms with E-state index in [9.17, 15) is 0 Å². The number of benzene rings is 2. The van der Waals surface area contributed by atoms with Gasteiger partial charge in [0.1, 0.15) is 5.75 Å². The SMILES string of the molecule is COc1ccc(Nc2nc(Nc3ccc(Cl)c(Cl)c3)nc(N3CCOCC3)n2)cc1. The van der Waals surface area contributed by atoms with Crippen LogP contribution in [0.2, 0.25) is 10.0 Å². The van der Waals surface area contributed by atoms with Crippen LogP contribution >= 0.6 is 23.2 Å². The highest BCUT2D eigenvalue weighted by Crippen LogP contribution is 2.27. The Balaban J connectivity index is 1.63. The van der Waals surface area contributed by atoms with Crippen molar-refractivity contribution in [1.82, 2.24) is 15.0 Å². The molecule has 0 radical (unpaired) electrons. The highest BCUT2D eigenvalue weighted by atomic mass is 35.5. The Morgan fingerprint density at radius 3 is 2.13 bits per heavy atom. The Bertz CT molecular complexity index is 1010. The minimum Gasteiger partial charge on any atom is -0.497 e. The summed E-state index contributed by atoms with van der Waals surface area (Å²) >= 11 is 12.1. The van der Waals surface area contributed by atoms with E-state index in [2.05, 4.69) is 30.5 Å². The van der Waals surface area contributed by atoms with Gasteiger partial charge in [-0.1, -0.05) is 23.2 Å². The summed E-state index contributed by atoms with van der Waals surface area (Å²) in [4.78, 5) is 15.7. The minimum absolute atomic E-state index is 0.390. The molecule has 1 saturated heterocycles. The van der Waals surface area contributed by atoms with Crippen LogP contribution in [0, 0.1) is 0 Å². The lowest BCUT2D eigenvalue weighted by Crippen LogP contribution is -2.37. The predicted molar refractivity (Wildman–Crippen MR) is 119 cm³/mol. The predicted octanol–water partition coefficient (Wildman–Crippen LogP) is 4.51. The first-order valence-electron chi connectivity index (χ1n) is 9.32. The summed E-state index contributed by atoms with van der Waals surface area (Å²) in [5.74, 6) is 2.14. The van der Waals surface area contributed by atoms with Crippen LogP contribution in [0.25, 0.3) is 0 Å². The maximum absolute atomic E-state index is 6.13. The van der Waals surface area contributed by atoms with Crippen LogP contribution in [0.15, 0.2) is 42.5 Å². The van der Waals surface area contributed by atoms with Gasteiger partial charge in [-0.2, -0.15) is 15.0 Å². The van der Waals surface area contributed by atoms with Crippen LogP contribution in [0.3, 0.4) is 0 Å². The molecule has 156 valence electrons. The van der Waals surface area contributed by atoms with Gasteiger partial charge in [0.15, 0.2) is 0 Å². The molecule has 0 saturated carbocycles. The Hall–Kier alpha value is -2.81. The average Bonchev–Trinajstić information content (AvgIpc) is 2.77. The van der Waals surface area contributed by atoms with Gasteiger partial charge in [-0.05, 0) is 42.5 Å². The Morgan fingerprint density at radius 2 is 1.50 bits per heavy atom. The van der Waals surface area contributed by atoms with Gasteiger partial charge < -0.3 is 25.0 Å². The number of hydrogen-bond donors (Lipinski definition) is 2. The third-order valence-corrected chi connectivity index (χ3v) is 5.18. The lowest BCUT2D eigenvalue weighted by Gasteiger charge is -2.27. The first kappa shape index (κ1) is 20.5. The van der Waals surface area contributed by atoms with Gasteiger partial charge in [-0.3, -0.25) is 0 Å². The van der Waals surface area contributed by atoms with E-state index in [0.717, 1.165) is 17.1 Å². The van der Waals surface area contributed by atoms with Gasteiger partial charge in [0.05, 0.1) is 30.4 Å². The molecule has 0 spiro atoms. The van der Waals surface area contributed by atoms with E-state index in [-0.39, 0.29) is 0 Å². The van der Waals surface area contributed by atoms with E-state index in [0.29, 0.717) is 54.2 Å². The maximum atomic E-state index is 6.13. The standard InChI is InChI=1S/C20H20Cl2N6O2/c1-29-15-5-2-13(3-6-15)23-18-25-19(24-14-4-7-16(21)17(22)12-14)27-20(26-18)28-8-10-30-11-9-28/h2-7,12H,8-11H2,1H3,(H2,23,24,25,26,27). The van der Waals surface area contributed by atoms with Crippen molar-refractivity contribution < 1.29 is 9.47 Å². The van der Waals surface area contributed by atoms with E-state index in [4.69, 9.17) is 32.7 Å².